The molecule has 0 aromatic heterocycles. The molecule has 156 valence electrons. The number of benzene rings is 2. The molecule has 2 unspecified atom stereocenters. The number of Topliss-reactive ketones (excluding diaryl/α,β-unsaturated/α-hetero) is 1. The first-order valence-electron chi connectivity index (χ1n) is 11.3. The van der Waals surface area contributed by atoms with Crippen LogP contribution in [0, 0.1) is 5.92 Å². The molecule has 0 spiro atoms. The van der Waals surface area contributed by atoms with Gasteiger partial charge in [-0.15, -0.1) is 6.58 Å². The van der Waals surface area contributed by atoms with Crippen LogP contribution in [0.2, 0.25) is 12.1 Å². The number of carbonyl (C=O) groups excluding carboxylic acids is 1. The van der Waals surface area contributed by atoms with Crippen molar-refractivity contribution in [2.24, 2.45) is 5.92 Å². The fraction of sp³-hybridized carbons (Fsp3) is 0.444. The number of hydrogen-bond donors (Lipinski definition) is 0. The molecule has 0 aliphatic carbocycles. The van der Waals surface area contributed by atoms with Crippen LogP contribution in [-0.2, 0) is 4.79 Å². The van der Waals surface area contributed by atoms with Crippen molar-refractivity contribution in [2.45, 2.75) is 70.9 Å². The number of hydrogen-bond acceptors (Lipinski definition) is 1. The van der Waals surface area contributed by atoms with Crippen LogP contribution in [0.25, 0.3) is 0 Å². The Morgan fingerprint density at radius 2 is 1.38 bits per heavy atom. The maximum atomic E-state index is 13.6. The minimum Gasteiger partial charge on any atom is -0.299 e. The van der Waals surface area contributed by atoms with Gasteiger partial charge in [0.1, 0.15) is 13.9 Å². The monoisotopic (exact) mass is 406 g/mol. The first-order chi connectivity index (χ1) is 14.1. The van der Waals surface area contributed by atoms with E-state index in [0.29, 0.717) is 5.78 Å². The van der Waals surface area contributed by atoms with Crippen LogP contribution in [0.1, 0.15) is 58.8 Å². The summed E-state index contributed by atoms with van der Waals surface area (Å²) in [4.78, 5) is 13.6. The minimum absolute atomic E-state index is 0.0754. The average molecular weight is 407 g/mol. The lowest BCUT2D eigenvalue weighted by Crippen LogP contribution is -2.61. The quantitative estimate of drug-likeness (QED) is 0.214. The van der Waals surface area contributed by atoms with Gasteiger partial charge >= 0.3 is 0 Å². The second kappa shape index (κ2) is 11.9. The number of ketones is 1. The highest BCUT2D eigenvalue weighted by molar-refractivity contribution is 7.04. The van der Waals surface area contributed by atoms with Crippen molar-refractivity contribution >= 4 is 24.2 Å². The Kier molecular flexibility index (Phi) is 9.60. The summed E-state index contributed by atoms with van der Waals surface area (Å²) in [7, 11) is -2.25. The summed E-state index contributed by atoms with van der Waals surface area (Å²) in [5, 5.41) is 2.71. The summed E-state index contributed by atoms with van der Waals surface area (Å²) >= 11 is 0. The predicted octanol–water partition coefficient (Wildman–Crippen LogP) is 6.39. The molecule has 0 heterocycles. The first kappa shape index (κ1) is 23.3. The lowest BCUT2D eigenvalue weighted by atomic mass is 9.99. The van der Waals surface area contributed by atoms with Gasteiger partial charge in [0.25, 0.3) is 0 Å². The summed E-state index contributed by atoms with van der Waals surface area (Å²) < 4.78 is 0. The normalized spacial score (nSPS) is 13.6. The summed E-state index contributed by atoms with van der Waals surface area (Å²) in [6.45, 7) is 10.6. The largest absolute Gasteiger partial charge is 0.299 e. The second-order valence-electron chi connectivity index (χ2n) is 8.47. The molecule has 2 atom stereocenters. The fourth-order valence-electron chi connectivity index (χ4n) is 4.42. The van der Waals surface area contributed by atoms with Crippen LogP contribution in [0.4, 0.5) is 0 Å². The molecule has 0 fully saturated rings. The highest BCUT2D eigenvalue weighted by atomic mass is 28.3. The number of rotatable bonds is 13. The topological polar surface area (TPSA) is 17.1 Å². The lowest BCUT2D eigenvalue weighted by Gasteiger charge is -2.37. The third kappa shape index (κ3) is 6.02. The van der Waals surface area contributed by atoms with Crippen molar-refractivity contribution in [1.82, 2.24) is 0 Å². The number of carbonyl (C=O) groups is 1. The molecule has 0 aliphatic heterocycles. The molecule has 0 saturated carbocycles. The highest BCUT2D eigenvalue weighted by Gasteiger charge is 2.44. The number of allylic oxidation sites excluding steroid dienone is 1. The molecule has 2 rings (SSSR count). The van der Waals surface area contributed by atoms with Gasteiger partial charge in [-0.2, -0.15) is 0 Å². The van der Waals surface area contributed by atoms with Crippen molar-refractivity contribution in [3.05, 3.63) is 73.3 Å². The van der Waals surface area contributed by atoms with E-state index >= 15 is 0 Å². The highest BCUT2D eigenvalue weighted by Crippen LogP contribution is 2.32. The average Bonchev–Trinajstić information content (AvgIpc) is 2.78. The van der Waals surface area contributed by atoms with Gasteiger partial charge < -0.3 is 0 Å². The molecule has 0 N–H and O–H groups in total. The van der Waals surface area contributed by atoms with Crippen LogP contribution in [-0.4, -0.2) is 13.9 Å². The molecule has 0 saturated heterocycles. The molecule has 0 bridgehead atoms. The Morgan fingerprint density at radius 3 is 1.86 bits per heavy atom. The number of unbranched alkanes of at least 4 members (excludes halogenated alkanes) is 5. The van der Waals surface area contributed by atoms with Gasteiger partial charge in [-0.3, -0.25) is 4.79 Å². The Hall–Kier alpha value is -1.93. The maximum Gasteiger partial charge on any atom is 0.140 e. The van der Waals surface area contributed by atoms with E-state index < -0.39 is 8.07 Å². The van der Waals surface area contributed by atoms with Gasteiger partial charge in [0.2, 0.25) is 0 Å². The summed E-state index contributed by atoms with van der Waals surface area (Å²) in [5.41, 5.74) is 0.0754. The van der Waals surface area contributed by atoms with Gasteiger partial charge in [0.15, 0.2) is 0 Å². The van der Waals surface area contributed by atoms with E-state index in [2.05, 4.69) is 80.7 Å². The van der Waals surface area contributed by atoms with Crippen LogP contribution >= 0.6 is 0 Å². The molecule has 1 nitrogen and oxygen atoms in total. The summed E-state index contributed by atoms with van der Waals surface area (Å²) in [5.74, 6) is 0.273. The molecule has 2 aromatic rings. The Bertz CT molecular complexity index is 698. The summed E-state index contributed by atoms with van der Waals surface area (Å²) in [6, 6.07) is 21.6. The Labute approximate surface area is 179 Å². The Morgan fingerprint density at radius 1 is 0.897 bits per heavy atom. The lowest BCUT2D eigenvalue weighted by molar-refractivity contribution is -0.121. The molecule has 0 radical (unpaired) electrons. The standard InChI is InChI=1S/C27H38OSi/c1-5-7-8-9-10-17-22-26(27(28)23(3)6-2)29(4,24-18-13-11-14-19-24)25-20-15-12-16-21-25/h6,11-16,18-21,23,26H,2,5,7-10,17,22H2,1,3-4H3. The zero-order valence-electron chi connectivity index (χ0n) is 18.6. The molecular weight excluding hydrogens is 368 g/mol. The molecule has 29 heavy (non-hydrogen) atoms. The van der Waals surface area contributed by atoms with Crippen molar-refractivity contribution in [3.8, 4) is 0 Å². The molecule has 0 amide bonds. The van der Waals surface area contributed by atoms with Gasteiger partial charge in [-0.05, 0) is 6.42 Å². The van der Waals surface area contributed by atoms with E-state index in [9.17, 15) is 4.79 Å². The third-order valence-electron chi connectivity index (χ3n) is 6.44. The third-order valence-corrected chi connectivity index (χ3v) is 11.5. The van der Waals surface area contributed by atoms with Gasteiger partial charge in [0.05, 0.1) is 0 Å². The smallest absolute Gasteiger partial charge is 0.140 e. The van der Waals surface area contributed by atoms with E-state index in [1.165, 1.54) is 42.5 Å². The van der Waals surface area contributed by atoms with E-state index in [1.807, 2.05) is 13.0 Å². The van der Waals surface area contributed by atoms with Crippen LogP contribution in [0.5, 0.6) is 0 Å². The fourth-order valence-corrected chi connectivity index (χ4v) is 8.94. The summed E-state index contributed by atoms with van der Waals surface area (Å²) in [6.07, 6.45) is 10.3. The van der Waals surface area contributed by atoms with E-state index in [1.54, 1.807) is 0 Å². The second-order valence-corrected chi connectivity index (χ2v) is 12.7. The van der Waals surface area contributed by atoms with Gasteiger partial charge in [-0.1, -0.05) is 136 Å². The SMILES string of the molecule is C=CC(C)C(=O)C(CCCCCCCC)[Si](C)(c1ccccc1)c1ccccc1. The first-order valence-corrected chi connectivity index (χ1v) is 13.9. The molecule has 2 heteroatoms. The van der Waals surface area contributed by atoms with Crippen molar-refractivity contribution < 1.29 is 4.79 Å². The van der Waals surface area contributed by atoms with Gasteiger partial charge in [0, 0.05) is 11.5 Å². The van der Waals surface area contributed by atoms with Gasteiger partial charge in [-0.25, -0.2) is 0 Å². The minimum atomic E-state index is -2.25. The zero-order valence-corrected chi connectivity index (χ0v) is 19.6. The molecule has 2 aromatic carbocycles. The van der Waals surface area contributed by atoms with Crippen LogP contribution in [0.3, 0.4) is 0 Å². The maximum absolute atomic E-state index is 13.6. The van der Waals surface area contributed by atoms with E-state index in [4.69, 9.17) is 0 Å². The van der Waals surface area contributed by atoms with Crippen molar-refractivity contribution in [2.75, 3.05) is 0 Å². The van der Waals surface area contributed by atoms with Crippen LogP contribution in [0.15, 0.2) is 73.3 Å². The molecular formula is C27H38OSi. The predicted molar refractivity (Wildman–Crippen MR) is 130 cm³/mol. The van der Waals surface area contributed by atoms with Crippen LogP contribution < -0.4 is 10.4 Å². The van der Waals surface area contributed by atoms with E-state index in [-0.39, 0.29) is 11.5 Å². The molecule has 0 aliphatic rings. The van der Waals surface area contributed by atoms with Crippen molar-refractivity contribution in [1.29, 1.82) is 0 Å². The van der Waals surface area contributed by atoms with Crippen molar-refractivity contribution in [3.63, 3.8) is 0 Å². The Balaban J connectivity index is 2.38. The zero-order chi connectivity index (χ0) is 21.1. The van der Waals surface area contributed by atoms with E-state index in [0.717, 1.165) is 12.8 Å².